The van der Waals surface area contributed by atoms with Crippen LogP contribution in [0.3, 0.4) is 0 Å². The number of ether oxygens (including phenoxy) is 2. The highest BCUT2D eigenvalue weighted by molar-refractivity contribution is 6.00. The minimum Gasteiger partial charge on any atom is -0.497 e. The molecule has 10 heteroatoms. The number of anilines is 1. The van der Waals surface area contributed by atoms with E-state index < -0.39 is 6.09 Å². The van der Waals surface area contributed by atoms with Gasteiger partial charge in [-0.1, -0.05) is 65.8 Å². The molecular formula is C29H33ClN4O5. The summed E-state index contributed by atoms with van der Waals surface area (Å²) in [5.41, 5.74) is 3.09. The van der Waals surface area contributed by atoms with Crippen molar-refractivity contribution >= 4 is 36.0 Å². The van der Waals surface area contributed by atoms with Crippen molar-refractivity contribution in [1.29, 1.82) is 0 Å². The quantitative estimate of drug-likeness (QED) is 0.217. The summed E-state index contributed by atoms with van der Waals surface area (Å²) in [6, 6.07) is 26.2. The summed E-state index contributed by atoms with van der Waals surface area (Å²) < 4.78 is 10.6. The van der Waals surface area contributed by atoms with Gasteiger partial charge in [-0.15, -0.1) is 12.4 Å². The summed E-state index contributed by atoms with van der Waals surface area (Å²) >= 11 is 0. The largest absolute Gasteiger partial charge is 0.497 e. The van der Waals surface area contributed by atoms with Crippen LogP contribution in [0.5, 0.6) is 5.75 Å². The van der Waals surface area contributed by atoms with E-state index in [0.717, 1.165) is 24.2 Å². The van der Waals surface area contributed by atoms with Crippen LogP contribution in [0, 0.1) is 0 Å². The summed E-state index contributed by atoms with van der Waals surface area (Å²) in [6.07, 6.45) is -0.388. The standard InChI is InChI=1S/C29H32N4O5.ClH/c1-36-26-14-12-25(13-15-26)30-28(34)38-31-27(24-10-6-3-7-11-24)16-17-32-18-20-33(21-19-32)29(35)37-22-23-8-4-2-5-9-23;/h2-15H,16-22H2,1H3,(H,30,34);1H/b31-27-;. The molecule has 1 aliphatic heterocycles. The number of hydrogen-bond acceptors (Lipinski definition) is 7. The Morgan fingerprint density at radius 3 is 2.15 bits per heavy atom. The van der Waals surface area contributed by atoms with Gasteiger partial charge in [0.1, 0.15) is 12.4 Å². The topological polar surface area (TPSA) is 92.7 Å². The third kappa shape index (κ3) is 9.31. The number of methoxy groups -OCH3 is 1. The Hall–Kier alpha value is -4.08. The number of rotatable bonds is 9. The highest BCUT2D eigenvalue weighted by atomic mass is 35.5. The molecule has 0 aliphatic carbocycles. The van der Waals surface area contributed by atoms with Gasteiger partial charge in [-0.05, 0) is 35.4 Å². The lowest BCUT2D eigenvalue weighted by atomic mass is 10.1. The van der Waals surface area contributed by atoms with Gasteiger partial charge in [0.2, 0.25) is 0 Å². The first-order chi connectivity index (χ1) is 18.6. The van der Waals surface area contributed by atoms with Gasteiger partial charge < -0.3 is 14.4 Å². The Labute approximate surface area is 234 Å². The molecule has 3 aromatic rings. The number of piperazine rings is 1. The molecule has 4 rings (SSSR count). The van der Waals surface area contributed by atoms with Crippen molar-refractivity contribution < 1.29 is 23.9 Å². The number of hydrogen-bond donors (Lipinski definition) is 1. The molecule has 39 heavy (non-hydrogen) atoms. The average molecular weight is 553 g/mol. The van der Waals surface area contributed by atoms with Crippen LogP contribution >= 0.6 is 12.4 Å². The van der Waals surface area contributed by atoms with Gasteiger partial charge >= 0.3 is 12.2 Å². The van der Waals surface area contributed by atoms with Crippen molar-refractivity contribution in [2.45, 2.75) is 13.0 Å². The van der Waals surface area contributed by atoms with Crippen molar-refractivity contribution in [3.63, 3.8) is 0 Å². The van der Waals surface area contributed by atoms with Crippen molar-refractivity contribution in [3.8, 4) is 5.75 Å². The monoisotopic (exact) mass is 552 g/mol. The normalized spacial score (nSPS) is 13.7. The Balaban J connectivity index is 0.00000420. The van der Waals surface area contributed by atoms with Crippen LogP contribution in [0.1, 0.15) is 17.5 Å². The molecule has 0 radical (unpaired) electrons. The van der Waals surface area contributed by atoms with Crippen LogP contribution in [0.25, 0.3) is 0 Å². The van der Waals surface area contributed by atoms with Crippen molar-refractivity contribution in [1.82, 2.24) is 9.80 Å². The van der Waals surface area contributed by atoms with E-state index in [2.05, 4.69) is 15.4 Å². The fourth-order valence-electron chi connectivity index (χ4n) is 4.01. The Kier molecular flexibility index (Phi) is 11.6. The first-order valence-electron chi connectivity index (χ1n) is 12.5. The molecule has 1 heterocycles. The molecule has 0 atom stereocenters. The molecule has 206 valence electrons. The van der Waals surface area contributed by atoms with E-state index in [9.17, 15) is 9.59 Å². The molecule has 0 unspecified atom stereocenters. The third-order valence-corrected chi connectivity index (χ3v) is 6.18. The maximum absolute atomic E-state index is 12.4. The maximum atomic E-state index is 12.4. The zero-order valence-electron chi connectivity index (χ0n) is 21.8. The van der Waals surface area contributed by atoms with Gasteiger partial charge in [-0.25, -0.2) is 9.59 Å². The second-order valence-electron chi connectivity index (χ2n) is 8.76. The van der Waals surface area contributed by atoms with Crippen LogP contribution in [-0.4, -0.2) is 67.5 Å². The second kappa shape index (κ2) is 15.4. The van der Waals surface area contributed by atoms with E-state index in [0.29, 0.717) is 43.2 Å². The molecule has 0 spiro atoms. The number of benzene rings is 3. The number of carbonyl (C=O) groups is 2. The van der Waals surface area contributed by atoms with Gasteiger partial charge in [-0.2, -0.15) is 0 Å². The molecule has 2 amide bonds. The van der Waals surface area contributed by atoms with Gasteiger partial charge in [0.05, 0.1) is 12.8 Å². The van der Waals surface area contributed by atoms with Crippen molar-refractivity contribution in [3.05, 3.63) is 96.1 Å². The van der Waals surface area contributed by atoms with E-state index in [1.165, 1.54) is 0 Å². The maximum Gasteiger partial charge on any atom is 0.437 e. The number of carbonyl (C=O) groups excluding carboxylic acids is 2. The van der Waals surface area contributed by atoms with Gasteiger partial charge in [0, 0.05) is 44.8 Å². The zero-order chi connectivity index (χ0) is 26.6. The summed E-state index contributed by atoms with van der Waals surface area (Å²) in [7, 11) is 1.58. The van der Waals surface area contributed by atoms with Crippen LogP contribution in [0.15, 0.2) is 90.1 Å². The fraction of sp³-hybridized carbons (Fsp3) is 0.276. The van der Waals surface area contributed by atoms with Gasteiger partial charge in [-0.3, -0.25) is 15.1 Å². The van der Waals surface area contributed by atoms with Crippen LogP contribution in [0.4, 0.5) is 15.3 Å². The van der Waals surface area contributed by atoms with Crippen LogP contribution in [-0.2, 0) is 16.2 Å². The summed E-state index contributed by atoms with van der Waals surface area (Å²) in [5.74, 6) is 0.693. The number of amides is 2. The molecule has 1 fully saturated rings. The number of nitrogens with one attached hydrogen (secondary N) is 1. The van der Waals surface area contributed by atoms with E-state index in [4.69, 9.17) is 14.3 Å². The third-order valence-electron chi connectivity index (χ3n) is 6.18. The summed E-state index contributed by atoms with van der Waals surface area (Å²) in [4.78, 5) is 34.0. The smallest absolute Gasteiger partial charge is 0.437 e. The zero-order valence-corrected chi connectivity index (χ0v) is 22.6. The van der Waals surface area contributed by atoms with Crippen LogP contribution in [0.2, 0.25) is 0 Å². The van der Waals surface area contributed by atoms with Gasteiger partial charge in [0.15, 0.2) is 0 Å². The molecule has 1 N–H and O–H groups in total. The predicted molar refractivity (Wildman–Crippen MR) is 153 cm³/mol. The first kappa shape index (κ1) is 29.5. The lowest BCUT2D eigenvalue weighted by Crippen LogP contribution is -2.49. The molecule has 1 saturated heterocycles. The van der Waals surface area contributed by atoms with Gasteiger partial charge in [0.25, 0.3) is 0 Å². The fourth-order valence-corrected chi connectivity index (χ4v) is 4.01. The molecule has 0 bridgehead atoms. The Morgan fingerprint density at radius 1 is 0.872 bits per heavy atom. The molecule has 3 aromatic carbocycles. The van der Waals surface area contributed by atoms with Crippen LogP contribution < -0.4 is 10.1 Å². The molecule has 0 aromatic heterocycles. The number of nitrogens with zero attached hydrogens (tertiary/aromatic N) is 3. The molecule has 9 nitrogen and oxygen atoms in total. The predicted octanol–water partition coefficient (Wildman–Crippen LogP) is 5.41. The molecule has 0 saturated carbocycles. The highest BCUT2D eigenvalue weighted by Crippen LogP contribution is 2.15. The average Bonchev–Trinajstić information content (AvgIpc) is 2.97. The summed E-state index contributed by atoms with van der Waals surface area (Å²) in [5, 5.41) is 6.83. The Bertz CT molecular complexity index is 1200. The number of halogens is 1. The lowest BCUT2D eigenvalue weighted by molar-refractivity contribution is 0.0722. The van der Waals surface area contributed by atoms with Crippen molar-refractivity contribution in [2.24, 2.45) is 5.16 Å². The van der Waals surface area contributed by atoms with E-state index in [1.54, 1.807) is 36.3 Å². The lowest BCUT2D eigenvalue weighted by Gasteiger charge is -2.34. The highest BCUT2D eigenvalue weighted by Gasteiger charge is 2.22. The van der Waals surface area contributed by atoms with E-state index >= 15 is 0 Å². The SMILES string of the molecule is COc1ccc(NC(=O)O/N=C(/CCN2CCN(C(=O)OCc3ccccc3)CC2)c2ccccc2)cc1.Cl. The van der Waals surface area contributed by atoms with E-state index in [-0.39, 0.29) is 25.1 Å². The Morgan fingerprint density at radius 2 is 1.51 bits per heavy atom. The molecular weight excluding hydrogens is 520 g/mol. The minimum atomic E-state index is -0.675. The van der Waals surface area contributed by atoms with Crippen molar-refractivity contribution in [2.75, 3.05) is 45.2 Å². The minimum absolute atomic E-state index is 0. The first-order valence-corrected chi connectivity index (χ1v) is 12.5. The second-order valence-corrected chi connectivity index (χ2v) is 8.76. The molecule has 1 aliphatic rings. The number of oxime groups is 1. The van der Waals surface area contributed by atoms with E-state index in [1.807, 2.05) is 60.7 Å². The summed E-state index contributed by atoms with van der Waals surface area (Å²) in [6.45, 7) is 3.61.